The predicted octanol–water partition coefficient (Wildman–Crippen LogP) is -1.57. The van der Waals surface area contributed by atoms with Gasteiger partial charge in [-0.3, -0.25) is 14.4 Å². The number of hydrogen-bond acceptors (Lipinski definition) is 4. The summed E-state index contributed by atoms with van der Waals surface area (Å²) in [6, 6.07) is -1.13. The number of nitrogens with one attached hydrogen (secondary N) is 2. The molecule has 1 aliphatic heterocycles. The number of hydrogen-bond donors (Lipinski definition) is 3. The minimum atomic E-state index is -0.630. The Hall–Kier alpha value is -1.63. The zero-order valence-electron chi connectivity index (χ0n) is 11.6. The zero-order chi connectivity index (χ0) is 14.6. The zero-order valence-corrected chi connectivity index (χ0v) is 11.6. The maximum absolute atomic E-state index is 11.9. The van der Waals surface area contributed by atoms with Crippen LogP contribution in [-0.2, 0) is 14.4 Å². The van der Waals surface area contributed by atoms with Gasteiger partial charge in [0.05, 0.1) is 12.6 Å². The van der Waals surface area contributed by atoms with Crippen LogP contribution in [0, 0.1) is 5.92 Å². The minimum Gasteiger partial charge on any atom is -0.353 e. The molecule has 1 unspecified atom stereocenters. The van der Waals surface area contributed by atoms with Crippen LogP contribution < -0.4 is 16.4 Å². The van der Waals surface area contributed by atoms with Crippen LogP contribution in [0.25, 0.3) is 0 Å². The Morgan fingerprint density at radius 1 is 1.53 bits per heavy atom. The van der Waals surface area contributed by atoms with Gasteiger partial charge in [0.2, 0.25) is 17.7 Å². The maximum Gasteiger partial charge on any atom is 0.242 e. The van der Waals surface area contributed by atoms with Crippen LogP contribution in [0.2, 0.25) is 0 Å². The fraction of sp³-hybridized carbons (Fsp3) is 0.750. The van der Waals surface area contributed by atoms with E-state index in [0.717, 1.165) is 0 Å². The lowest BCUT2D eigenvalue weighted by molar-refractivity contribution is -0.142. The minimum absolute atomic E-state index is 0.00906. The molecular weight excluding hydrogens is 248 g/mol. The summed E-state index contributed by atoms with van der Waals surface area (Å²) in [6.07, 6.45) is 0. The summed E-state index contributed by atoms with van der Waals surface area (Å²) < 4.78 is 0. The van der Waals surface area contributed by atoms with Crippen molar-refractivity contribution in [2.75, 3.05) is 19.6 Å². The van der Waals surface area contributed by atoms with Gasteiger partial charge in [0.25, 0.3) is 0 Å². The summed E-state index contributed by atoms with van der Waals surface area (Å²) in [6.45, 7) is 6.10. The van der Waals surface area contributed by atoms with E-state index in [4.69, 9.17) is 5.73 Å². The van der Waals surface area contributed by atoms with Crippen LogP contribution >= 0.6 is 0 Å². The van der Waals surface area contributed by atoms with E-state index in [0.29, 0.717) is 13.1 Å². The second-order valence-corrected chi connectivity index (χ2v) is 5.04. The lowest BCUT2D eigenvalue weighted by Crippen LogP contribution is -2.58. The van der Waals surface area contributed by atoms with Crippen LogP contribution in [0.3, 0.4) is 0 Å². The fourth-order valence-corrected chi connectivity index (χ4v) is 1.81. The molecule has 0 aromatic carbocycles. The van der Waals surface area contributed by atoms with Gasteiger partial charge in [0, 0.05) is 13.1 Å². The molecule has 0 aromatic rings. The quantitative estimate of drug-likeness (QED) is 0.574. The van der Waals surface area contributed by atoms with E-state index in [-0.39, 0.29) is 30.2 Å². The Morgan fingerprint density at radius 2 is 2.16 bits per heavy atom. The summed E-state index contributed by atoms with van der Waals surface area (Å²) in [5.74, 6) is -0.788. The SMILES string of the molecule is CC(C)[C@H](N)C(=O)NCC(=O)N1CCNC(=O)C1C. The molecule has 0 aromatic heterocycles. The first-order valence-corrected chi connectivity index (χ1v) is 6.45. The van der Waals surface area contributed by atoms with Gasteiger partial charge in [0.1, 0.15) is 6.04 Å². The van der Waals surface area contributed by atoms with Gasteiger partial charge in [-0.2, -0.15) is 0 Å². The van der Waals surface area contributed by atoms with Crippen LogP contribution in [0.1, 0.15) is 20.8 Å². The standard InChI is InChI=1S/C12H22N4O3/c1-7(2)10(13)12(19)15-6-9(17)16-5-4-14-11(18)8(16)3/h7-8,10H,4-6,13H2,1-3H3,(H,14,18)(H,15,19)/t8?,10-/m0/s1. The van der Waals surface area contributed by atoms with E-state index in [1.54, 1.807) is 6.92 Å². The summed E-state index contributed by atoms with van der Waals surface area (Å²) >= 11 is 0. The highest BCUT2D eigenvalue weighted by Gasteiger charge is 2.29. The van der Waals surface area contributed by atoms with Crippen LogP contribution in [0.5, 0.6) is 0 Å². The summed E-state index contributed by atoms with van der Waals surface area (Å²) in [5.41, 5.74) is 5.67. The third-order valence-corrected chi connectivity index (χ3v) is 3.25. The topological polar surface area (TPSA) is 105 Å². The first kappa shape index (κ1) is 15.4. The average Bonchev–Trinajstić information content (AvgIpc) is 2.37. The van der Waals surface area contributed by atoms with Crippen molar-refractivity contribution in [1.82, 2.24) is 15.5 Å². The van der Waals surface area contributed by atoms with E-state index in [1.165, 1.54) is 4.90 Å². The summed E-state index contributed by atoms with van der Waals surface area (Å²) in [5, 5.41) is 5.18. The fourth-order valence-electron chi connectivity index (χ4n) is 1.81. The van der Waals surface area contributed by atoms with Crippen molar-refractivity contribution >= 4 is 17.7 Å². The lowest BCUT2D eigenvalue weighted by Gasteiger charge is -2.33. The number of nitrogens with two attached hydrogens (primary N) is 1. The van der Waals surface area contributed by atoms with Crippen molar-refractivity contribution < 1.29 is 14.4 Å². The monoisotopic (exact) mass is 270 g/mol. The normalized spacial score (nSPS) is 21.0. The highest BCUT2D eigenvalue weighted by atomic mass is 16.2. The Bertz CT molecular complexity index is 370. The molecule has 7 heteroatoms. The first-order chi connectivity index (χ1) is 8.84. The van der Waals surface area contributed by atoms with Crippen molar-refractivity contribution in [3.63, 3.8) is 0 Å². The molecule has 0 aliphatic carbocycles. The van der Waals surface area contributed by atoms with Gasteiger partial charge in [-0.1, -0.05) is 13.8 Å². The smallest absolute Gasteiger partial charge is 0.242 e. The molecule has 0 radical (unpaired) electrons. The lowest BCUT2D eigenvalue weighted by atomic mass is 10.1. The van der Waals surface area contributed by atoms with Gasteiger partial charge < -0.3 is 21.3 Å². The maximum atomic E-state index is 11.9. The molecule has 0 spiro atoms. The molecule has 1 saturated heterocycles. The third kappa shape index (κ3) is 3.92. The van der Waals surface area contributed by atoms with Gasteiger partial charge in [-0.05, 0) is 12.8 Å². The van der Waals surface area contributed by atoms with E-state index < -0.39 is 12.1 Å². The molecule has 7 nitrogen and oxygen atoms in total. The second-order valence-electron chi connectivity index (χ2n) is 5.04. The Morgan fingerprint density at radius 3 is 2.74 bits per heavy atom. The molecule has 0 bridgehead atoms. The van der Waals surface area contributed by atoms with Crippen LogP contribution in [0.4, 0.5) is 0 Å². The number of amides is 3. The van der Waals surface area contributed by atoms with Crippen LogP contribution in [0.15, 0.2) is 0 Å². The number of nitrogens with zero attached hydrogens (tertiary/aromatic N) is 1. The van der Waals surface area contributed by atoms with Gasteiger partial charge >= 0.3 is 0 Å². The van der Waals surface area contributed by atoms with E-state index in [2.05, 4.69) is 10.6 Å². The molecule has 3 amide bonds. The van der Waals surface area contributed by atoms with Gasteiger partial charge in [-0.25, -0.2) is 0 Å². The Kier molecular flexibility index (Phi) is 5.29. The van der Waals surface area contributed by atoms with Crippen molar-refractivity contribution in [2.45, 2.75) is 32.9 Å². The van der Waals surface area contributed by atoms with Crippen molar-refractivity contribution in [1.29, 1.82) is 0 Å². The Balaban J connectivity index is 2.47. The highest BCUT2D eigenvalue weighted by molar-refractivity contribution is 5.91. The van der Waals surface area contributed by atoms with Crippen LogP contribution in [-0.4, -0.2) is 54.3 Å². The molecule has 1 fully saturated rings. The number of piperazine rings is 1. The molecule has 1 aliphatic rings. The van der Waals surface area contributed by atoms with E-state index >= 15 is 0 Å². The molecular formula is C12H22N4O3. The summed E-state index contributed by atoms with van der Waals surface area (Å²) in [7, 11) is 0. The average molecular weight is 270 g/mol. The molecule has 1 heterocycles. The van der Waals surface area contributed by atoms with E-state index in [1.807, 2.05) is 13.8 Å². The summed E-state index contributed by atoms with van der Waals surface area (Å²) in [4.78, 5) is 36.5. The Labute approximate surface area is 112 Å². The predicted molar refractivity (Wildman–Crippen MR) is 70.0 cm³/mol. The number of carbonyl (C=O) groups is 3. The highest BCUT2D eigenvalue weighted by Crippen LogP contribution is 2.04. The first-order valence-electron chi connectivity index (χ1n) is 6.45. The number of carbonyl (C=O) groups excluding carboxylic acids is 3. The molecule has 1 rings (SSSR count). The molecule has 2 atom stereocenters. The third-order valence-electron chi connectivity index (χ3n) is 3.25. The molecule has 108 valence electrons. The largest absolute Gasteiger partial charge is 0.353 e. The molecule has 4 N–H and O–H groups in total. The molecule has 0 saturated carbocycles. The second kappa shape index (κ2) is 6.51. The molecule has 19 heavy (non-hydrogen) atoms. The van der Waals surface area contributed by atoms with Gasteiger partial charge in [0.15, 0.2) is 0 Å². The van der Waals surface area contributed by atoms with Gasteiger partial charge in [-0.15, -0.1) is 0 Å². The van der Waals surface area contributed by atoms with Crippen molar-refractivity contribution in [3.8, 4) is 0 Å². The van der Waals surface area contributed by atoms with Crippen molar-refractivity contribution in [3.05, 3.63) is 0 Å². The number of rotatable bonds is 4. The van der Waals surface area contributed by atoms with Crippen molar-refractivity contribution in [2.24, 2.45) is 11.7 Å². The van der Waals surface area contributed by atoms with E-state index in [9.17, 15) is 14.4 Å².